The fourth-order valence-electron chi connectivity index (χ4n) is 2.20. The van der Waals surface area contributed by atoms with Gasteiger partial charge in [-0.05, 0) is 46.7 Å². The Morgan fingerprint density at radius 3 is 2.40 bits per heavy atom. The molecular weight excluding hydrogens is 192 g/mol. The molecule has 1 saturated heterocycles. The van der Waals surface area contributed by atoms with Crippen molar-refractivity contribution in [3.05, 3.63) is 0 Å². The molecule has 4 heteroatoms. The van der Waals surface area contributed by atoms with Crippen LogP contribution in [0, 0.1) is 0 Å². The number of hydrogen-bond donors (Lipinski definition) is 2. The van der Waals surface area contributed by atoms with E-state index >= 15 is 0 Å². The van der Waals surface area contributed by atoms with Gasteiger partial charge in [-0.3, -0.25) is 10.1 Å². The molecule has 1 unspecified atom stereocenters. The lowest BCUT2D eigenvalue weighted by Crippen LogP contribution is -2.58. The van der Waals surface area contributed by atoms with Gasteiger partial charge in [-0.15, -0.1) is 0 Å². The molecule has 0 aromatic carbocycles. The van der Waals surface area contributed by atoms with Crippen LogP contribution in [-0.4, -0.2) is 47.2 Å². The Bertz CT molecular complexity index is 225. The monoisotopic (exact) mass is 214 g/mol. The van der Waals surface area contributed by atoms with Gasteiger partial charge in [0.2, 0.25) is 0 Å². The number of carboxylic acids is 1. The molecule has 88 valence electrons. The van der Waals surface area contributed by atoms with E-state index in [2.05, 4.69) is 10.2 Å². The van der Waals surface area contributed by atoms with Gasteiger partial charge in [0, 0.05) is 12.6 Å². The molecule has 0 aromatic heterocycles. The maximum Gasteiger partial charge on any atom is 0.324 e. The number of hydrogen-bond acceptors (Lipinski definition) is 3. The Labute approximate surface area is 91.6 Å². The van der Waals surface area contributed by atoms with Gasteiger partial charge in [0.05, 0.1) is 0 Å². The van der Waals surface area contributed by atoms with Gasteiger partial charge >= 0.3 is 5.97 Å². The highest BCUT2D eigenvalue weighted by molar-refractivity contribution is 5.78. The van der Waals surface area contributed by atoms with Crippen molar-refractivity contribution in [2.75, 3.05) is 19.6 Å². The number of likely N-dealkylation sites (tertiary alicyclic amines) is 1. The van der Waals surface area contributed by atoms with Gasteiger partial charge in [-0.2, -0.15) is 0 Å². The predicted molar refractivity (Wildman–Crippen MR) is 60.0 cm³/mol. The third-order valence-corrected chi connectivity index (χ3v) is 2.82. The van der Waals surface area contributed by atoms with Crippen LogP contribution in [0.2, 0.25) is 0 Å². The van der Waals surface area contributed by atoms with Crippen LogP contribution in [0.3, 0.4) is 0 Å². The SMILES string of the molecule is CC(C)NC(C)(CN1CCCC1)C(=O)O. The van der Waals surface area contributed by atoms with Crippen molar-refractivity contribution in [3.63, 3.8) is 0 Å². The summed E-state index contributed by atoms with van der Waals surface area (Å²) in [4.78, 5) is 13.5. The molecule has 1 atom stereocenters. The summed E-state index contributed by atoms with van der Waals surface area (Å²) in [6.45, 7) is 8.38. The number of aliphatic carboxylic acids is 1. The average Bonchev–Trinajstić information content (AvgIpc) is 2.54. The smallest absolute Gasteiger partial charge is 0.324 e. The first-order valence-corrected chi connectivity index (χ1v) is 5.67. The molecule has 0 saturated carbocycles. The number of carbonyl (C=O) groups is 1. The van der Waals surface area contributed by atoms with Crippen molar-refractivity contribution in [1.82, 2.24) is 10.2 Å². The van der Waals surface area contributed by atoms with Crippen LogP contribution in [0.1, 0.15) is 33.6 Å². The van der Waals surface area contributed by atoms with Crippen LogP contribution < -0.4 is 5.32 Å². The van der Waals surface area contributed by atoms with Crippen LogP contribution in [0.25, 0.3) is 0 Å². The molecule has 1 aliphatic heterocycles. The number of carboxylic acid groups (broad SMARTS) is 1. The number of nitrogens with one attached hydrogen (secondary N) is 1. The average molecular weight is 214 g/mol. The molecule has 15 heavy (non-hydrogen) atoms. The third-order valence-electron chi connectivity index (χ3n) is 2.82. The largest absolute Gasteiger partial charge is 0.480 e. The molecule has 0 amide bonds. The van der Waals surface area contributed by atoms with Gasteiger partial charge in [-0.25, -0.2) is 0 Å². The van der Waals surface area contributed by atoms with E-state index in [4.69, 9.17) is 0 Å². The van der Waals surface area contributed by atoms with E-state index in [1.165, 1.54) is 12.8 Å². The lowest BCUT2D eigenvalue weighted by Gasteiger charge is -2.32. The molecule has 0 radical (unpaired) electrons. The van der Waals surface area contributed by atoms with Crippen LogP contribution in [-0.2, 0) is 4.79 Å². The third kappa shape index (κ3) is 3.47. The fraction of sp³-hybridized carbons (Fsp3) is 0.909. The highest BCUT2D eigenvalue weighted by Crippen LogP contribution is 2.14. The molecule has 4 nitrogen and oxygen atoms in total. The first-order valence-electron chi connectivity index (χ1n) is 5.67. The minimum Gasteiger partial charge on any atom is -0.480 e. The zero-order valence-corrected chi connectivity index (χ0v) is 9.92. The lowest BCUT2D eigenvalue weighted by molar-refractivity contribution is -0.145. The lowest BCUT2D eigenvalue weighted by atomic mass is 10.0. The summed E-state index contributed by atoms with van der Waals surface area (Å²) in [6.07, 6.45) is 2.38. The van der Waals surface area contributed by atoms with Crippen LogP contribution in [0.4, 0.5) is 0 Å². The van der Waals surface area contributed by atoms with E-state index < -0.39 is 11.5 Å². The van der Waals surface area contributed by atoms with Gasteiger partial charge < -0.3 is 10.0 Å². The zero-order chi connectivity index (χ0) is 11.5. The summed E-state index contributed by atoms with van der Waals surface area (Å²) >= 11 is 0. The van der Waals surface area contributed by atoms with Gasteiger partial charge in [0.15, 0.2) is 0 Å². The van der Waals surface area contributed by atoms with Crippen molar-refractivity contribution in [2.24, 2.45) is 0 Å². The molecule has 0 aliphatic carbocycles. The second-order valence-corrected chi connectivity index (χ2v) is 4.92. The molecular formula is C11H22N2O2. The fourth-order valence-corrected chi connectivity index (χ4v) is 2.20. The molecule has 2 N–H and O–H groups in total. The van der Waals surface area contributed by atoms with Crippen molar-refractivity contribution in [2.45, 2.75) is 45.2 Å². The highest BCUT2D eigenvalue weighted by Gasteiger charge is 2.35. The second kappa shape index (κ2) is 4.94. The Kier molecular flexibility index (Phi) is 4.11. The maximum absolute atomic E-state index is 11.3. The zero-order valence-electron chi connectivity index (χ0n) is 9.92. The predicted octanol–water partition coefficient (Wildman–Crippen LogP) is 0.923. The molecule has 0 aromatic rings. The van der Waals surface area contributed by atoms with Crippen LogP contribution in [0.15, 0.2) is 0 Å². The Morgan fingerprint density at radius 2 is 2.00 bits per heavy atom. The summed E-state index contributed by atoms with van der Waals surface area (Å²) in [6, 6.07) is 0.189. The Balaban J connectivity index is 2.59. The number of rotatable bonds is 5. The summed E-state index contributed by atoms with van der Waals surface area (Å²) in [5.41, 5.74) is -0.821. The van der Waals surface area contributed by atoms with Crippen LogP contribution >= 0.6 is 0 Å². The first-order chi connectivity index (χ1) is 6.94. The van der Waals surface area contributed by atoms with E-state index in [9.17, 15) is 9.90 Å². The molecule has 0 spiro atoms. The molecule has 1 rings (SSSR count). The number of nitrogens with zero attached hydrogens (tertiary/aromatic N) is 1. The Morgan fingerprint density at radius 1 is 1.47 bits per heavy atom. The molecule has 1 heterocycles. The van der Waals surface area contributed by atoms with E-state index in [0.29, 0.717) is 6.54 Å². The van der Waals surface area contributed by atoms with Crippen molar-refractivity contribution in [3.8, 4) is 0 Å². The van der Waals surface area contributed by atoms with Crippen LogP contribution in [0.5, 0.6) is 0 Å². The molecule has 0 bridgehead atoms. The minimum absolute atomic E-state index is 0.189. The van der Waals surface area contributed by atoms with E-state index in [1.54, 1.807) is 6.92 Å². The summed E-state index contributed by atoms with van der Waals surface area (Å²) in [5, 5.41) is 12.4. The second-order valence-electron chi connectivity index (χ2n) is 4.92. The summed E-state index contributed by atoms with van der Waals surface area (Å²) in [5.74, 6) is -0.761. The van der Waals surface area contributed by atoms with Gasteiger partial charge in [-0.1, -0.05) is 0 Å². The van der Waals surface area contributed by atoms with E-state index in [1.807, 2.05) is 13.8 Å². The van der Waals surface area contributed by atoms with Crippen molar-refractivity contribution >= 4 is 5.97 Å². The van der Waals surface area contributed by atoms with E-state index in [0.717, 1.165) is 13.1 Å². The van der Waals surface area contributed by atoms with Crippen molar-refractivity contribution < 1.29 is 9.90 Å². The normalized spacial score (nSPS) is 21.9. The summed E-state index contributed by atoms with van der Waals surface area (Å²) in [7, 11) is 0. The van der Waals surface area contributed by atoms with E-state index in [-0.39, 0.29) is 6.04 Å². The minimum atomic E-state index is -0.821. The summed E-state index contributed by atoms with van der Waals surface area (Å²) < 4.78 is 0. The van der Waals surface area contributed by atoms with Gasteiger partial charge in [0.25, 0.3) is 0 Å². The van der Waals surface area contributed by atoms with Crippen molar-refractivity contribution in [1.29, 1.82) is 0 Å². The maximum atomic E-state index is 11.3. The molecule has 1 fully saturated rings. The Hall–Kier alpha value is -0.610. The highest BCUT2D eigenvalue weighted by atomic mass is 16.4. The molecule has 1 aliphatic rings. The van der Waals surface area contributed by atoms with Gasteiger partial charge in [0.1, 0.15) is 5.54 Å². The first kappa shape index (κ1) is 12.5. The topological polar surface area (TPSA) is 52.6 Å². The quantitative estimate of drug-likeness (QED) is 0.714. The standard InChI is InChI=1S/C11H22N2O2/c1-9(2)12-11(3,10(14)15)8-13-6-4-5-7-13/h9,12H,4-8H2,1-3H3,(H,14,15).